The maximum atomic E-state index is 11.1. The molecule has 1 aliphatic carbocycles. The highest BCUT2D eigenvalue weighted by atomic mass is 16.6. The van der Waals surface area contributed by atoms with E-state index in [1.165, 1.54) is 5.56 Å². The van der Waals surface area contributed by atoms with Crippen molar-refractivity contribution >= 4 is 5.69 Å². The molecule has 1 aliphatic heterocycles. The van der Waals surface area contributed by atoms with Gasteiger partial charge in [0.1, 0.15) is 0 Å². The van der Waals surface area contributed by atoms with E-state index in [1.54, 1.807) is 6.07 Å². The number of nitrogens with zero attached hydrogens (tertiary/aromatic N) is 3. The van der Waals surface area contributed by atoms with E-state index in [-0.39, 0.29) is 4.92 Å². The SMILES string of the molecule is CCN1CCN(C2CCc3c2cccc3[N+](=O)[O-])CC1. The highest BCUT2D eigenvalue weighted by Crippen LogP contribution is 2.40. The molecule has 1 saturated heterocycles. The molecule has 3 rings (SSSR count). The average Bonchev–Trinajstić information content (AvgIpc) is 2.91. The Hall–Kier alpha value is -1.46. The van der Waals surface area contributed by atoms with Crippen molar-refractivity contribution in [3.05, 3.63) is 39.4 Å². The maximum Gasteiger partial charge on any atom is 0.272 e. The summed E-state index contributed by atoms with van der Waals surface area (Å²) in [6.45, 7) is 7.67. The lowest BCUT2D eigenvalue weighted by Crippen LogP contribution is -2.47. The number of fused-ring (bicyclic) bond motifs is 1. The predicted octanol–water partition coefficient (Wildman–Crippen LogP) is 2.22. The highest BCUT2D eigenvalue weighted by Gasteiger charge is 2.33. The number of benzene rings is 1. The molecule has 2 aliphatic rings. The molecule has 1 aromatic carbocycles. The lowest BCUT2D eigenvalue weighted by molar-refractivity contribution is -0.385. The summed E-state index contributed by atoms with van der Waals surface area (Å²) in [6.07, 6.45) is 1.86. The van der Waals surface area contributed by atoms with Gasteiger partial charge in [-0.15, -0.1) is 0 Å². The van der Waals surface area contributed by atoms with E-state index < -0.39 is 0 Å². The number of nitro groups is 1. The van der Waals surface area contributed by atoms with Crippen molar-refractivity contribution in [2.24, 2.45) is 0 Å². The molecule has 1 atom stereocenters. The smallest absolute Gasteiger partial charge is 0.272 e. The lowest BCUT2D eigenvalue weighted by atomic mass is 10.0. The molecule has 0 aromatic heterocycles. The summed E-state index contributed by atoms with van der Waals surface area (Å²) in [6, 6.07) is 5.92. The highest BCUT2D eigenvalue weighted by molar-refractivity contribution is 5.49. The van der Waals surface area contributed by atoms with Gasteiger partial charge in [-0.25, -0.2) is 0 Å². The second-order valence-corrected chi connectivity index (χ2v) is 5.63. The van der Waals surface area contributed by atoms with Crippen molar-refractivity contribution in [2.75, 3.05) is 32.7 Å². The Kier molecular flexibility index (Phi) is 3.72. The first kappa shape index (κ1) is 13.5. The van der Waals surface area contributed by atoms with Crippen LogP contribution in [-0.2, 0) is 6.42 Å². The van der Waals surface area contributed by atoms with Gasteiger partial charge in [-0.1, -0.05) is 19.1 Å². The quantitative estimate of drug-likeness (QED) is 0.627. The Bertz CT molecular complexity index is 510. The number of likely N-dealkylation sites (N-methyl/N-ethyl adjacent to an activating group) is 1. The molecule has 5 nitrogen and oxygen atoms in total. The standard InChI is InChI=1S/C15H21N3O2/c1-2-16-8-10-17(11-9-16)14-7-6-13-12(14)4-3-5-15(13)18(19)20/h3-5,14H,2,6-11H2,1H3. The second-order valence-electron chi connectivity index (χ2n) is 5.63. The Morgan fingerprint density at radius 3 is 2.70 bits per heavy atom. The molecule has 0 N–H and O–H groups in total. The third kappa shape index (κ3) is 2.31. The van der Waals surface area contributed by atoms with Gasteiger partial charge in [-0.05, 0) is 24.9 Å². The van der Waals surface area contributed by atoms with Crippen molar-refractivity contribution in [1.29, 1.82) is 0 Å². The van der Waals surface area contributed by atoms with E-state index in [9.17, 15) is 10.1 Å². The number of nitro benzene ring substituents is 1. The number of hydrogen-bond donors (Lipinski definition) is 0. The van der Waals surface area contributed by atoms with Crippen molar-refractivity contribution in [2.45, 2.75) is 25.8 Å². The fourth-order valence-corrected chi connectivity index (χ4v) is 3.55. The van der Waals surface area contributed by atoms with E-state index in [1.807, 2.05) is 6.07 Å². The summed E-state index contributed by atoms with van der Waals surface area (Å²) >= 11 is 0. The minimum atomic E-state index is -0.240. The van der Waals surface area contributed by atoms with Crippen molar-refractivity contribution in [3.8, 4) is 0 Å². The van der Waals surface area contributed by atoms with E-state index in [0.717, 1.165) is 51.1 Å². The summed E-state index contributed by atoms with van der Waals surface area (Å²) in [7, 11) is 0. The van der Waals surface area contributed by atoms with Gasteiger partial charge in [0.05, 0.1) is 4.92 Å². The van der Waals surface area contributed by atoms with Crippen LogP contribution in [-0.4, -0.2) is 47.4 Å². The van der Waals surface area contributed by atoms with E-state index in [4.69, 9.17) is 0 Å². The zero-order valence-electron chi connectivity index (χ0n) is 11.9. The fraction of sp³-hybridized carbons (Fsp3) is 0.600. The van der Waals surface area contributed by atoms with Gasteiger partial charge in [0.25, 0.3) is 5.69 Å². The third-order valence-corrected chi connectivity index (χ3v) is 4.71. The van der Waals surface area contributed by atoms with Crippen LogP contribution in [0.5, 0.6) is 0 Å². The Labute approximate surface area is 119 Å². The Morgan fingerprint density at radius 1 is 1.30 bits per heavy atom. The monoisotopic (exact) mass is 275 g/mol. The first-order valence-corrected chi connectivity index (χ1v) is 7.43. The normalized spacial score (nSPS) is 23.8. The van der Waals surface area contributed by atoms with Crippen LogP contribution in [0.15, 0.2) is 18.2 Å². The van der Waals surface area contributed by atoms with Gasteiger partial charge in [-0.2, -0.15) is 0 Å². The fourth-order valence-electron chi connectivity index (χ4n) is 3.55. The first-order valence-electron chi connectivity index (χ1n) is 7.43. The van der Waals surface area contributed by atoms with Crippen LogP contribution < -0.4 is 0 Å². The van der Waals surface area contributed by atoms with Crippen molar-refractivity contribution < 1.29 is 4.92 Å². The summed E-state index contributed by atoms with van der Waals surface area (Å²) in [5.41, 5.74) is 2.45. The van der Waals surface area contributed by atoms with Crippen LogP contribution in [0, 0.1) is 10.1 Å². The topological polar surface area (TPSA) is 49.6 Å². The van der Waals surface area contributed by atoms with Gasteiger partial charge >= 0.3 is 0 Å². The summed E-state index contributed by atoms with van der Waals surface area (Å²) in [5, 5.41) is 11.1. The molecule has 20 heavy (non-hydrogen) atoms. The molecule has 0 radical (unpaired) electrons. The van der Waals surface area contributed by atoms with E-state index in [0.29, 0.717) is 11.7 Å². The Morgan fingerprint density at radius 2 is 2.05 bits per heavy atom. The minimum absolute atomic E-state index is 0.240. The average molecular weight is 275 g/mol. The predicted molar refractivity (Wildman–Crippen MR) is 77.8 cm³/mol. The molecule has 1 fully saturated rings. The maximum absolute atomic E-state index is 11.1. The molecular formula is C15H21N3O2. The molecule has 5 heteroatoms. The molecule has 1 aromatic rings. The zero-order valence-corrected chi connectivity index (χ0v) is 11.9. The van der Waals surface area contributed by atoms with Gasteiger partial charge in [0.2, 0.25) is 0 Å². The number of rotatable bonds is 3. The molecule has 1 unspecified atom stereocenters. The van der Waals surface area contributed by atoms with E-state index >= 15 is 0 Å². The molecule has 1 heterocycles. The van der Waals surface area contributed by atoms with Gasteiger partial charge in [0, 0.05) is 43.9 Å². The summed E-state index contributed by atoms with van der Waals surface area (Å²) in [4.78, 5) is 15.8. The number of hydrogen-bond acceptors (Lipinski definition) is 4. The van der Waals surface area contributed by atoms with Crippen LogP contribution in [0.1, 0.15) is 30.5 Å². The lowest BCUT2D eigenvalue weighted by Gasteiger charge is -2.37. The van der Waals surface area contributed by atoms with Crippen LogP contribution in [0.3, 0.4) is 0 Å². The molecule has 0 bridgehead atoms. The van der Waals surface area contributed by atoms with Crippen molar-refractivity contribution in [3.63, 3.8) is 0 Å². The zero-order chi connectivity index (χ0) is 14.1. The van der Waals surface area contributed by atoms with Gasteiger partial charge < -0.3 is 4.90 Å². The third-order valence-electron chi connectivity index (χ3n) is 4.71. The largest absolute Gasteiger partial charge is 0.301 e. The van der Waals surface area contributed by atoms with Crippen molar-refractivity contribution in [1.82, 2.24) is 9.80 Å². The second kappa shape index (κ2) is 5.50. The van der Waals surface area contributed by atoms with Crippen LogP contribution in [0.25, 0.3) is 0 Å². The van der Waals surface area contributed by atoms with Crippen LogP contribution in [0.4, 0.5) is 5.69 Å². The number of piperazine rings is 1. The molecule has 108 valence electrons. The molecule has 0 spiro atoms. The molecule has 0 saturated carbocycles. The van der Waals surface area contributed by atoms with Crippen LogP contribution in [0.2, 0.25) is 0 Å². The molecule has 0 amide bonds. The molecular weight excluding hydrogens is 254 g/mol. The minimum Gasteiger partial charge on any atom is -0.301 e. The first-order chi connectivity index (χ1) is 9.70. The van der Waals surface area contributed by atoms with Crippen LogP contribution >= 0.6 is 0 Å². The summed E-state index contributed by atoms with van der Waals surface area (Å²) < 4.78 is 0. The summed E-state index contributed by atoms with van der Waals surface area (Å²) in [5.74, 6) is 0. The van der Waals surface area contributed by atoms with E-state index in [2.05, 4.69) is 22.8 Å². The Balaban J connectivity index is 1.80. The van der Waals surface area contributed by atoms with Gasteiger partial charge in [0.15, 0.2) is 0 Å². The van der Waals surface area contributed by atoms with Gasteiger partial charge in [-0.3, -0.25) is 15.0 Å².